The van der Waals surface area contributed by atoms with Crippen LogP contribution in [0.25, 0.3) is 11.6 Å². The lowest BCUT2D eigenvalue weighted by Gasteiger charge is -2.31. The van der Waals surface area contributed by atoms with Crippen LogP contribution >= 0.6 is 11.3 Å². The molecule has 176 valence electrons. The standard InChI is InChI=1S/C23H30N6O3S/c1-3-7-19(23(31)24-17-8-4-5-9-17)28(14-18-10-6-13-33-18)21(30)15-29-26-22(25-27-29)20-12-11-16(2)32-20/h6,10-13,17,19H,3-5,7-9,14-15H2,1-2H3,(H,24,31)/t19-/m0/s1. The molecule has 0 saturated heterocycles. The predicted molar refractivity (Wildman–Crippen MR) is 124 cm³/mol. The number of carbonyl (C=O) groups excluding carboxylic acids is 2. The van der Waals surface area contributed by atoms with Gasteiger partial charge in [0.2, 0.25) is 17.6 Å². The SMILES string of the molecule is CCC[C@@H](C(=O)NC1CCCC1)N(Cc1cccs1)C(=O)Cn1nnc(-c2ccc(C)o2)n1. The maximum Gasteiger partial charge on any atom is 0.247 e. The summed E-state index contributed by atoms with van der Waals surface area (Å²) in [5.74, 6) is 1.27. The Morgan fingerprint density at radius 3 is 2.79 bits per heavy atom. The van der Waals surface area contributed by atoms with Crippen LogP contribution in [0.15, 0.2) is 34.1 Å². The van der Waals surface area contributed by atoms with E-state index in [1.807, 2.05) is 37.4 Å². The maximum atomic E-state index is 13.4. The normalized spacial score (nSPS) is 15.0. The van der Waals surface area contributed by atoms with Crippen molar-refractivity contribution in [3.8, 4) is 11.6 Å². The lowest BCUT2D eigenvalue weighted by atomic mass is 10.1. The van der Waals surface area contributed by atoms with Crippen molar-refractivity contribution in [2.24, 2.45) is 0 Å². The summed E-state index contributed by atoms with van der Waals surface area (Å²) in [7, 11) is 0. The number of tetrazole rings is 1. The van der Waals surface area contributed by atoms with Crippen molar-refractivity contribution in [3.63, 3.8) is 0 Å². The second-order valence-corrected chi connectivity index (χ2v) is 9.48. The molecule has 3 aromatic rings. The van der Waals surface area contributed by atoms with Gasteiger partial charge in [-0.1, -0.05) is 32.3 Å². The van der Waals surface area contributed by atoms with Crippen LogP contribution in [-0.4, -0.2) is 49.0 Å². The molecule has 0 aliphatic heterocycles. The summed E-state index contributed by atoms with van der Waals surface area (Å²) in [4.78, 5) is 30.6. The van der Waals surface area contributed by atoms with Crippen LogP contribution in [0.1, 0.15) is 56.1 Å². The van der Waals surface area contributed by atoms with E-state index in [2.05, 4.69) is 20.7 Å². The molecule has 1 N–H and O–H groups in total. The molecule has 4 rings (SSSR count). The number of furan rings is 1. The largest absolute Gasteiger partial charge is 0.458 e. The first kappa shape index (κ1) is 23.2. The Morgan fingerprint density at radius 2 is 2.12 bits per heavy atom. The van der Waals surface area contributed by atoms with Crippen LogP contribution in [0.2, 0.25) is 0 Å². The van der Waals surface area contributed by atoms with Gasteiger partial charge in [0.05, 0.1) is 6.54 Å². The first-order chi connectivity index (χ1) is 16.0. The number of nitrogens with one attached hydrogen (secondary N) is 1. The number of thiophene rings is 1. The molecule has 3 aromatic heterocycles. The van der Waals surface area contributed by atoms with Gasteiger partial charge in [0.15, 0.2) is 5.76 Å². The topological polar surface area (TPSA) is 106 Å². The first-order valence-electron chi connectivity index (χ1n) is 11.5. The minimum absolute atomic E-state index is 0.0769. The highest BCUT2D eigenvalue weighted by Crippen LogP contribution is 2.21. The summed E-state index contributed by atoms with van der Waals surface area (Å²) in [6.45, 7) is 4.14. The molecule has 0 spiro atoms. The van der Waals surface area contributed by atoms with Gasteiger partial charge in [-0.3, -0.25) is 9.59 Å². The van der Waals surface area contributed by atoms with E-state index in [0.29, 0.717) is 24.6 Å². The van der Waals surface area contributed by atoms with Gasteiger partial charge in [-0.15, -0.1) is 21.5 Å². The molecular formula is C23H30N6O3S. The average molecular weight is 471 g/mol. The van der Waals surface area contributed by atoms with Crippen molar-refractivity contribution >= 4 is 23.2 Å². The lowest BCUT2D eigenvalue weighted by Crippen LogP contribution is -2.51. The molecule has 0 aromatic carbocycles. The number of hydrogen-bond acceptors (Lipinski definition) is 7. The number of rotatable bonds is 10. The highest BCUT2D eigenvalue weighted by atomic mass is 32.1. The predicted octanol–water partition coefficient (Wildman–Crippen LogP) is 3.56. The van der Waals surface area contributed by atoms with E-state index in [0.717, 1.165) is 42.7 Å². The van der Waals surface area contributed by atoms with E-state index in [1.165, 1.54) is 4.80 Å². The van der Waals surface area contributed by atoms with Gasteiger partial charge in [-0.2, -0.15) is 4.80 Å². The Kier molecular flexibility index (Phi) is 7.54. The van der Waals surface area contributed by atoms with E-state index in [1.54, 1.807) is 22.3 Å². The molecule has 33 heavy (non-hydrogen) atoms. The van der Waals surface area contributed by atoms with Crippen LogP contribution in [-0.2, 0) is 22.7 Å². The zero-order chi connectivity index (χ0) is 23.2. The molecule has 0 unspecified atom stereocenters. The Labute approximate surface area is 197 Å². The van der Waals surface area contributed by atoms with Crippen molar-refractivity contribution in [2.45, 2.75) is 77.5 Å². The number of aromatic nitrogens is 4. The van der Waals surface area contributed by atoms with Crippen molar-refractivity contribution < 1.29 is 14.0 Å². The summed E-state index contributed by atoms with van der Waals surface area (Å²) in [6, 6.07) is 7.18. The highest BCUT2D eigenvalue weighted by molar-refractivity contribution is 7.09. The molecule has 1 aliphatic rings. The third-order valence-electron chi connectivity index (χ3n) is 5.86. The van der Waals surface area contributed by atoms with Gasteiger partial charge in [-0.05, 0) is 55.0 Å². The fourth-order valence-corrected chi connectivity index (χ4v) is 4.89. The lowest BCUT2D eigenvalue weighted by molar-refractivity contribution is -0.142. The summed E-state index contributed by atoms with van der Waals surface area (Å²) < 4.78 is 5.55. The summed E-state index contributed by atoms with van der Waals surface area (Å²) in [5, 5.41) is 17.5. The second kappa shape index (κ2) is 10.7. The summed E-state index contributed by atoms with van der Waals surface area (Å²) in [6.07, 6.45) is 5.66. The summed E-state index contributed by atoms with van der Waals surface area (Å²) >= 11 is 1.57. The molecular weight excluding hydrogens is 440 g/mol. The highest BCUT2D eigenvalue weighted by Gasteiger charge is 2.32. The van der Waals surface area contributed by atoms with E-state index >= 15 is 0 Å². The van der Waals surface area contributed by atoms with E-state index in [-0.39, 0.29) is 24.4 Å². The van der Waals surface area contributed by atoms with Crippen LogP contribution < -0.4 is 5.32 Å². The number of carbonyl (C=O) groups is 2. The fraction of sp³-hybridized carbons (Fsp3) is 0.522. The van der Waals surface area contributed by atoms with Crippen molar-refractivity contribution in [2.75, 3.05) is 0 Å². The van der Waals surface area contributed by atoms with Gasteiger partial charge >= 0.3 is 0 Å². The van der Waals surface area contributed by atoms with Gasteiger partial charge in [-0.25, -0.2) is 0 Å². The molecule has 3 heterocycles. The number of hydrogen-bond donors (Lipinski definition) is 1. The Balaban J connectivity index is 1.52. The molecule has 1 fully saturated rings. The first-order valence-corrected chi connectivity index (χ1v) is 12.4. The van der Waals surface area contributed by atoms with Crippen molar-refractivity contribution in [3.05, 3.63) is 40.3 Å². The quantitative estimate of drug-likeness (QED) is 0.486. The van der Waals surface area contributed by atoms with E-state index < -0.39 is 6.04 Å². The maximum absolute atomic E-state index is 13.4. The minimum Gasteiger partial charge on any atom is -0.458 e. The van der Waals surface area contributed by atoms with Gasteiger partial charge < -0.3 is 14.6 Å². The number of aryl methyl sites for hydroxylation is 1. The van der Waals surface area contributed by atoms with E-state index in [9.17, 15) is 9.59 Å². The zero-order valence-electron chi connectivity index (χ0n) is 19.1. The molecule has 2 amide bonds. The van der Waals surface area contributed by atoms with Crippen molar-refractivity contribution in [1.29, 1.82) is 0 Å². The fourth-order valence-electron chi connectivity index (χ4n) is 4.19. The number of nitrogens with zero attached hydrogens (tertiary/aromatic N) is 5. The molecule has 0 bridgehead atoms. The number of amides is 2. The molecule has 1 atom stereocenters. The minimum atomic E-state index is -0.541. The Morgan fingerprint density at radius 1 is 1.30 bits per heavy atom. The Hall–Kier alpha value is -3.01. The molecule has 10 heteroatoms. The molecule has 1 saturated carbocycles. The smallest absolute Gasteiger partial charge is 0.247 e. The van der Waals surface area contributed by atoms with Crippen LogP contribution in [0.4, 0.5) is 0 Å². The monoisotopic (exact) mass is 470 g/mol. The summed E-state index contributed by atoms with van der Waals surface area (Å²) in [5.41, 5.74) is 0. The van der Waals surface area contributed by atoms with E-state index in [4.69, 9.17) is 4.42 Å². The third kappa shape index (κ3) is 5.87. The zero-order valence-corrected chi connectivity index (χ0v) is 19.9. The van der Waals surface area contributed by atoms with Gasteiger partial charge in [0.25, 0.3) is 0 Å². The van der Waals surface area contributed by atoms with Gasteiger partial charge in [0, 0.05) is 10.9 Å². The van der Waals surface area contributed by atoms with Gasteiger partial charge in [0.1, 0.15) is 18.3 Å². The molecule has 9 nitrogen and oxygen atoms in total. The van der Waals surface area contributed by atoms with Crippen LogP contribution in [0.5, 0.6) is 0 Å². The molecule has 0 radical (unpaired) electrons. The Bertz CT molecular complexity index is 1050. The van der Waals surface area contributed by atoms with Crippen LogP contribution in [0, 0.1) is 6.92 Å². The van der Waals surface area contributed by atoms with Crippen LogP contribution in [0.3, 0.4) is 0 Å². The second-order valence-electron chi connectivity index (χ2n) is 8.45. The average Bonchev–Trinajstić information content (AvgIpc) is 3.58. The van der Waals surface area contributed by atoms with Crippen molar-refractivity contribution in [1.82, 2.24) is 30.4 Å². The molecule has 1 aliphatic carbocycles. The third-order valence-corrected chi connectivity index (χ3v) is 6.72.